The van der Waals surface area contributed by atoms with Gasteiger partial charge in [-0.1, -0.05) is 40.4 Å². The first-order valence-corrected chi connectivity index (χ1v) is 7.41. The zero-order chi connectivity index (χ0) is 8.58. The van der Waals surface area contributed by atoms with E-state index in [4.69, 9.17) is 0 Å². The van der Waals surface area contributed by atoms with Gasteiger partial charge in [-0.3, -0.25) is 0 Å². The highest BCUT2D eigenvalue weighted by atomic mass is 28.3. The standard InChI is InChI=1S/C8H20OSi/c1-8(2,3)7(9)10(4,5)6/h7,9H,1-6H3. The van der Waals surface area contributed by atoms with Gasteiger partial charge < -0.3 is 5.11 Å². The van der Waals surface area contributed by atoms with Crippen molar-refractivity contribution in [2.75, 3.05) is 0 Å². The lowest BCUT2D eigenvalue weighted by Gasteiger charge is -2.34. The minimum absolute atomic E-state index is 0.0600. The molecule has 0 aromatic heterocycles. The smallest absolute Gasteiger partial charge is 0.0788 e. The highest BCUT2D eigenvalue weighted by molar-refractivity contribution is 6.77. The highest BCUT2D eigenvalue weighted by Gasteiger charge is 2.34. The molecule has 0 bridgehead atoms. The van der Waals surface area contributed by atoms with Crippen molar-refractivity contribution in [2.45, 2.75) is 46.1 Å². The molecule has 10 heavy (non-hydrogen) atoms. The Bertz CT molecular complexity index is 93.4. The second-order valence-corrected chi connectivity index (χ2v) is 10.4. The highest BCUT2D eigenvalue weighted by Crippen LogP contribution is 2.26. The van der Waals surface area contributed by atoms with Crippen molar-refractivity contribution in [3.8, 4) is 0 Å². The maximum atomic E-state index is 9.78. The molecule has 1 unspecified atom stereocenters. The number of rotatable bonds is 1. The minimum atomic E-state index is -1.34. The second-order valence-electron chi connectivity index (χ2n) is 5.13. The maximum Gasteiger partial charge on any atom is 0.0788 e. The molecule has 0 fully saturated rings. The van der Waals surface area contributed by atoms with Crippen LogP contribution in [0, 0.1) is 5.41 Å². The van der Waals surface area contributed by atoms with E-state index in [1.165, 1.54) is 0 Å². The van der Waals surface area contributed by atoms with Crippen LogP contribution in [-0.4, -0.2) is 18.9 Å². The van der Waals surface area contributed by atoms with Crippen LogP contribution in [0.3, 0.4) is 0 Å². The van der Waals surface area contributed by atoms with Gasteiger partial charge >= 0.3 is 0 Å². The van der Waals surface area contributed by atoms with Crippen molar-refractivity contribution in [1.29, 1.82) is 0 Å². The molecule has 0 aliphatic rings. The molecule has 0 radical (unpaired) electrons. The Balaban J connectivity index is 4.23. The summed E-state index contributed by atoms with van der Waals surface area (Å²) >= 11 is 0. The van der Waals surface area contributed by atoms with Crippen LogP contribution < -0.4 is 0 Å². The van der Waals surface area contributed by atoms with E-state index in [0.29, 0.717) is 0 Å². The molecule has 0 aliphatic carbocycles. The van der Waals surface area contributed by atoms with Crippen LogP contribution in [0.25, 0.3) is 0 Å². The normalized spacial score (nSPS) is 17.1. The number of aliphatic hydroxyl groups excluding tert-OH is 1. The van der Waals surface area contributed by atoms with Crippen molar-refractivity contribution in [2.24, 2.45) is 5.41 Å². The SMILES string of the molecule is CC(C)(C)C(O)[Si](C)(C)C. The van der Waals surface area contributed by atoms with E-state index in [-0.39, 0.29) is 11.1 Å². The Kier molecular flexibility index (Phi) is 2.71. The van der Waals surface area contributed by atoms with Crippen LogP contribution in [0.1, 0.15) is 20.8 Å². The van der Waals surface area contributed by atoms with Crippen LogP contribution in [0.15, 0.2) is 0 Å². The number of hydrogen-bond acceptors (Lipinski definition) is 1. The Morgan fingerprint density at radius 1 is 1.10 bits per heavy atom. The molecule has 1 nitrogen and oxygen atoms in total. The fraction of sp³-hybridized carbons (Fsp3) is 1.00. The van der Waals surface area contributed by atoms with Crippen LogP contribution in [0.2, 0.25) is 19.6 Å². The number of aliphatic hydroxyl groups is 1. The summed E-state index contributed by atoms with van der Waals surface area (Å²) < 4.78 is 0. The van der Waals surface area contributed by atoms with Crippen molar-refractivity contribution in [3.05, 3.63) is 0 Å². The van der Waals surface area contributed by atoms with Gasteiger partial charge in [-0.2, -0.15) is 0 Å². The van der Waals surface area contributed by atoms with E-state index in [1.54, 1.807) is 0 Å². The van der Waals surface area contributed by atoms with Crippen molar-refractivity contribution >= 4 is 8.07 Å². The monoisotopic (exact) mass is 160 g/mol. The Hall–Kier alpha value is 0.177. The van der Waals surface area contributed by atoms with E-state index in [9.17, 15) is 5.11 Å². The molecule has 0 amide bonds. The lowest BCUT2D eigenvalue weighted by atomic mass is 9.98. The Morgan fingerprint density at radius 3 is 1.40 bits per heavy atom. The Labute approximate surface area is 65.5 Å². The summed E-state index contributed by atoms with van der Waals surface area (Å²) in [6.45, 7) is 12.9. The minimum Gasteiger partial charge on any atom is -0.396 e. The molecular formula is C8H20OSi. The first-order chi connectivity index (χ1) is 4.15. The van der Waals surface area contributed by atoms with Crippen molar-refractivity contribution < 1.29 is 5.11 Å². The molecule has 0 saturated carbocycles. The fourth-order valence-corrected chi connectivity index (χ4v) is 3.90. The molecule has 0 aliphatic heterocycles. The van der Waals surface area contributed by atoms with Gasteiger partial charge in [0.15, 0.2) is 0 Å². The van der Waals surface area contributed by atoms with Crippen molar-refractivity contribution in [1.82, 2.24) is 0 Å². The molecule has 62 valence electrons. The summed E-state index contributed by atoms with van der Waals surface area (Å²) in [5, 5.41) is 9.78. The lowest BCUT2D eigenvalue weighted by Crippen LogP contribution is -2.46. The molecule has 2 heteroatoms. The molecule has 0 saturated heterocycles. The van der Waals surface area contributed by atoms with E-state index in [0.717, 1.165) is 0 Å². The zero-order valence-electron chi connectivity index (χ0n) is 8.02. The molecular weight excluding hydrogens is 140 g/mol. The predicted molar refractivity (Wildman–Crippen MR) is 48.8 cm³/mol. The molecule has 0 rings (SSSR count). The summed E-state index contributed by atoms with van der Waals surface area (Å²) in [4.78, 5) is 0. The maximum absolute atomic E-state index is 9.78. The first kappa shape index (κ1) is 10.2. The van der Waals surface area contributed by atoms with E-state index >= 15 is 0 Å². The fourth-order valence-electron chi connectivity index (χ4n) is 1.30. The lowest BCUT2D eigenvalue weighted by molar-refractivity contribution is 0.125. The van der Waals surface area contributed by atoms with Gasteiger partial charge in [-0.15, -0.1) is 0 Å². The van der Waals surface area contributed by atoms with Gasteiger partial charge in [-0.05, 0) is 5.41 Å². The van der Waals surface area contributed by atoms with E-state index in [2.05, 4.69) is 40.4 Å². The van der Waals surface area contributed by atoms with E-state index < -0.39 is 8.07 Å². The third-order valence-electron chi connectivity index (χ3n) is 1.64. The predicted octanol–water partition coefficient (Wildman–Crippen LogP) is 2.27. The first-order valence-electron chi connectivity index (χ1n) is 3.84. The second kappa shape index (κ2) is 2.66. The Morgan fingerprint density at radius 2 is 1.40 bits per heavy atom. The summed E-state index contributed by atoms with van der Waals surface area (Å²) in [5.74, 6) is 0. The van der Waals surface area contributed by atoms with Crippen LogP contribution in [0.4, 0.5) is 0 Å². The summed E-state index contributed by atoms with van der Waals surface area (Å²) in [6.07, 6.45) is 0. The van der Waals surface area contributed by atoms with Gasteiger partial charge in [0.2, 0.25) is 0 Å². The third-order valence-corrected chi connectivity index (χ3v) is 4.15. The zero-order valence-corrected chi connectivity index (χ0v) is 9.02. The topological polar surface area (TPSA) is 20.2 Å². The van der Waals surface area contributed by atoms with Crippen LogP contribution in [-0.2, 0) is 0 Å². The third kappa shape index (κ3) is 2.84. The van der Waals surface area contributed by atoms with Gasteiger partial charge in [-0.25, -0.2) is 0 Å². The molecule has 0 spiro atoms. The summed E-state index contributed by atoms with van der Waals surface area (Å²) in [5.41, 5.74) is -0.0372. The average molecular weight is 160 g/mol. The quantitative estimate of drug-likeness (QED) is 0.583. The molecule has 1 atom stereocenters. The van der Waals surface area contributed by atoms with E-state index in [1.807, 2.05) is 0 Å². The summed E-state index contributed by atoms with van der Waals surface area (Å²) in [7, 11) is -1.34. The van der Waals surface area contributed by atoms with Crippen LogP contribution >= 0.6 is 0 Å². The van der Waals surface area contributed by atoms with Gasteiger partial charge in [0.1, 0.15) is 0 Å². The molecule has 0 heterocycles. The molecule has 0 aromatic rings. The van der Waals surface area contributed by atoms with Crippen molar-refractivity contribution in [3.63, 3.8) is 0 Å². The number of hydrogen-bond donors (Lipinski definition) is 1. The van der Waals surface area contributed by atoms with Gasteiger partial charge in [0.25, 0.3) is 0 Å². The summed E-state index contributed by atoms with van der Waals surface area (Å²) in [6, 6.07) is 0. The average Bonchev–Trinajstić information content (AvgIpc) is 1.59. The molecule has 0 aromatic carbocycles. The molecule has 1 N–H and O–H groups in total. The van der Waals surface area contributed by atoms with Gasteiger partial charge in [0.05, 0.1) is 8.07 Å². The largest absolute Gasteiger partial charge is 0.396 e. The van der Waals surface area contributed by atoms with Crippen LogP contribution in [0.5, 0.6) is 0 Å². The van der Waals surface area contributed by atoms with Gasteiger partial charge in [0, 0.05) is 5.73 Å².